The van der Waals surface area contributed by atoms with Crippen molar-refractivity contribution in [2.75, 3.05) is 31.2 Å². The van der Waals surface area contributed by atoms with Crippen LogP contribution >= 0.6 is 11.6 Å². The molecule has 2 rings (SSSR count). The van der Waals surface area contributed by atoms with E-state index in [0.29, 0.717) is 34.6 Å². The molecule has 21 heavy (non-hydrogen) atoms. The van der Waals surface area contributed by atoms with Gasteiger partial charge in [0.1, 0.15) is 5.75 Å². The van der Waals surface area contributed by atoms with Crippen LogP contribution in [0.4, 0.5) is 11.4 Å². The van der Waals surface area contributed by atoms with Gasteiger partial charge >= 0.3 is 0 Å². The molecule has 1 aromatic rings. The van der Waals surface area contributed by atoms with Crippen LogP contribution in [0, 0.1) is 0 Å². The van der Waals surface area contributed by atoms with E-state index >= 15 is 0 Å². The molecule has 1 unspecified atom stereocenters. The van der Waals surface area contributed by atoms with Gasteiger partial charge in [0, 0.05) is 18.5 Å². The van der Waals surface area contributed by atoms with Crippen LogP contribution in [0.2, 0.25) is 5.02 Å². The number of nitrogens with two attached hydrogens (primary N) is 1. The summed E-state index contributed by atoms with van der Waals surface area (Å²) < 4.78 is 5.23. The molecule has 0 saturated carbocycles. The molecule has 116 valence electrons. The number of nitrogen functional groups attached to an aromatic ring is 1. The smallest absolute Gasteiger partial charge is 0.226 e. The Labute approximate surface area is 130 Å². The molecule has 1 aliphatic rings. The fourth-order valence-electron chi connectivity index (χ4n) is 2.79. The predicted octanol–water partition coefficient (Wildman–Crippen LogP) is 2.74. The van der Waals surface area contributed by atoms with Crippen LogP contribution in [0.15, 0.2) is 12.1 Å². The molecule has 1 aliphatic heterocycles. The highest BCUT2D eigenvalue weighted by Gasteiger charge is 2.25. The lowest BCUT2D eigenvalue weighted by Crippen LogP contribution is -2.32. The number of carbonyl (C=O) groups is 1. The van der Waals surface area contributed by atoms with Crippen LogP contribution < -0.4 is 15.8 Å². The third-order valence-corrected chi connectivity index (χ3v) is 4.25. The van der Waals surface area contributed by atoms with Gasteiger partial charge in [0.05, 0.1) is 23.5 Å². The maximum Gasteiger partial charge on any atom is 0.226 e. The highest BCUT2D eigenvalue weighted by Crippen LogP contribution is 2.33. The standard InChI is InChI=1S/C15H22ClN3O2/c1-3-19-6-4-5-10(19)7-15(20)18-13-8-11(16)12(17)9-14(13)21-2/h8-10H,3-7,17H2,1-2H3,(H,18,20). The zero-order chi connectivity index (χ0) is 15.4. The molecule has 0 aliphatic carbocycles. The number of hydrogen-bond acceptors (Lipinski definition) is 4. The van der Waals surface area contributed by atoms with E-state index < -0.39 is 0 Å². The number of likely N-dealkylation sites (tertiary alicyclic amines) is 1. The minimum atomic E-state index is -0.0283. The summed E-state index contributed by atoms with van der Waals surface area (Å²) in [5.41, 5.74) is 6.72. The molecule has 0 spiro atoms. The molecule has 1 heterocycles. The van der Waals surface area contributed by atoms with Crippen LogP contribution in [0.25, 0.3) is 0 Å². The molecule has 0 radical (unpaired) electrons. The minimum absolute atomic E-state index is 0.0283. The first-order valence-electron chi connectivity index (χ1n) is 7.22. The lowest BCUT2D eigenvalue weighted by atomic mass is 10.1. The second-order valence-corrected chi connectivity index (χ2v) is 5.66. The second kappa shape index (κ2) is 7.00. The number of amides is 1. The summed E-state index contributed by atoms with van der Waals surface area (Å²) in [7, 11) is 1.54. The lowest BCUT2D eigenvalue weighted by molar-refractivity contribution is -0.117. The van der Waals surface area contributed by atoms with Crippen molar-refractivity contribution < 1.29 is 9.53 Å². The molecule has 1 saturated heterocycles. The van der Waals surface area contributed by atoms with E-state index in [9.17, 15) is 4.79 Å². The van der Waals surface area contributed by atoms with Gasteiger partial charge in [-0.25, -0.2) is 0 Å². The Bertz CT molecular complexity index is 522. The summed E-state index contributed by atoms with van der Waals surface area (Å²) in [4.78, 5) is 14.6. The second-order valence-electron chi connectivity index (χ2n) is 5.25. The number of carbonyl (C=O) groups excluding carboxylic acids is 1. The van der Waals surface area contributed by atoms with Crippen molar-refractivity contribution in [3.05, 3.63) is 17.2 Å². The molecule has 6 heteroatoms. The van der Waals surface area contributed by atoms with Crippen molar-refractivity contribution in [3.63, 3.8) is 0 Å². The Morgan fingerprint density at radius 3 is 3.00 bits per heavy atom. The van der Waals surface area contributed by atoms with Crippen LogP contribution in [0.5, 0.6) is 5.75 Å². The summed E-state index contributed by atoms with van der Waals surface area (Å²) in [5, 5.41) is 3.28. The van der Waals surface area contributed by atoms with E-state index in [1.165, 1.54) is 7.11 Å². The minimum Gasteiger partial charge on any atom is -0.494 e. The van der Waals surface area contributed by atoms with Gasteiger partial charge < -0.3 is 20.7 Å². The molecule has 0 bridgehead atoms. The Morgan fingerprint density at radius 1 is 1.57 bits per heavy atom. The predicted molar refractivity (Wildman–Crippen MR) is 85.9 cm³/mol. The molecular formula is C15H22ClN3O2. The molecular weight excluding hydrogens is 290 g/mol. The molecule has 3 N–H and O–H groups in total. The van der Waals surface area contributed by atoms with E-state index in [1.807, 2.05) is 0 Å². The van der Waals surface area contributed by atoms with E-state index in [0.717, 1.165) is 25.9 Å². The van der Waals surface area contributed by atoms with Crippen LogP contribution in [0.3, 0.4) is 0 Å². The first-order valence-corrected chi connectivity index (χ1v) is 7.59. The van der Waals surface area contributed by atoms with Crippen molar-refractivity contribution >= 4 is 28.9 Å². The third-order valence-electron chi connectivity index (χ3n) is 3.92. The van der Waals surface area contributed by atoms with Gasteiger partial charge in [0.25, 0.3) is 0 Å². The summed E-state index contributed by atoms with van der Waals surface area (Å²) in [6, 6.07) is 3.57. The Kier molecular flexibility index (Phi) is 5.31. The summed E-state index contributed by atoms with van der Waals surface area (Å²) in [5.74, 6) is 0.489. The number of benzene rings is 1. The van der Waals surface area contributed by atoms with Crippen molar-refractivity contribution in [2.45, 2.75) is 32.2 Å². The zero-order valence-electron chi connectivity index (χ0n) is 12.5. The number of halogens is 1. The zero-order valence-corrected chi connectivity index (χ0v) is 13.2. The van der Waals surface area contributed by atoms with Crippen LogP contribution in [0.1, 0.15) is 26.2 Å². The number of methoxy groups -OCH3 is 1. The van der Waals surface area contributed by atoms with Gasteiger partial charge in [-0.3, -0.25) is 4.79 Å². The van der Waals surface area contributed by atoms with E-state index in [4.69, 9.17) is 22.1 Å². The fraction of sp³-hybridized carbons (Fsp3) is 0.533. The number of rotatable bonds is 5. The Hall–Kier alpha value is -1.46. The molecule has 1 aromatic carbocycles. The SMILES string of the molecule is CCN1CCCC1CC(=O)Nc1cc(Cl)c(N)cc1OC. The maximum absolute atomic E-state index is 12.2. The molecule has 5 nitrogen and oxygen atoms in total. The van der Waals surface area contributed by atoms with E-state index in [2.05, 4.69) is 17.1 Å². The number of ether oxygens (including phenoxy) is 1. The quantitative estimate of drug-likeness (QED) is 0.821. The fourth-order valence-corrected chi connectivity index (χ4v) is 2.96. The Balaban J connectivity index is 2.04. The van der Waals surface area contributed by atoms with Crippen molar-refractivity contribution in [1.82, 2.24) is 4.90 Å². The highest BCUT2D eigenvalue weighted by molar-refractivity contribution is 6.33. The highest BCUT2D eigenvalue weighted by atomic mass is 35.5. The lowest BCUT2D eigenvalue weighted by Gasteiger charge is -2.22. The van der Waals surface area contributed by atoms with Crippen LogP contribution in [-0.2, 0) is 4.79 Å². The molecule has 1 amide bonds. The topological polar surface area (TPSA) is 67.6 Å². The van der Waals surface area contributed by atoms with Gasteiger partial charge in [0.2, 0.25) is 5.91 Å². The monoisotopic (exact) mass is 311 g/mol. The van der Waals surface area contributed by atoms with Gasteiger partial charge in [-0.1, -0.05) is 18.5 Å². The number of hydrogen-bond donors (Lipinski definition) is 2. The van der Waals surface area contributed by atoms with Gasteiger partial charge in [0.15, 0.2) is 0 Å². The largest absolute Gasteiger partial charge is 0.494 e. The van der Waals surface area contributed by atoms with Gasteiger partial charge in [-0.05, 0) is 32.0 Å². The number of nitrogens with zero attached hydrogens (tertiary/aromatic N) is 1. The average molecular weight is 312 g/mol. The number of nitrogens with one attached hydrogen (secondary N) is 1. The molecule has 1 fully saturated rings. The summed E-state index contributed by atoms with van der Waals surface area (Å²) >= 11 is 6.00. The maximum atomic E-state index is 12.2. The van der Waals surface area contributed by atoms with Crippen molar-refractivity contribution in [3.8, 4) is 5.75 Å². The van der Waals surface area contributed by atoms with Crippen molar-refractivity contribution in [1.29, 1.82) is 0 Å². The van der Waals surface area contributed by atoms with Crippen LogP contribution in [-0.4, -0.2) is 37.0 Å². The summed E-state index contributed by atoms with van der Waals surface area (Å²) in [6.45, 7) is 4.18. The first-order chi connectivity index (χ1) is 10.0. The third kappa shape index (κ3) is 3.80. The van der Waals surface area contributed by atoms with E-state index in [-0.39, 0.29) is 5.91 Å². The number of anilines is 2. The van der Waals surface area contributed by atoms with Gasteiger partial charge in [-0.2, -0.15) is 0 Å². The average Bonchev–Trinajstić information content (AvgIpc) is 2.89. The molecule has 0 aromatic heterocycles. The van der Waals surface area contributed by atoms with E-state index in [1.54, 1.807) is 12.1 Å². The summed E-state index contributed by atoms with van der Waals surface area (Å²) in [6.07, 6.45) is 2.71. The normalized spacial score (nSPS) is 18.7. The Morgan fingerprint density at radius 2 is 2.33 bits per heavy atom. The van der Waals surface area contributed by atoms with Gasteiger partial charge in [-0.15, -0.1) is 0 Å². The van der Waals surface area contributed by atoms with Crippen molar-refractivity contribution in [2.24, 2.45) is 0 Å². The first kappa shape index (κ1) is 15.9. The molecule has 1 atom stereocenters.